The molecule has 0 atom stereocenters. The molecule has 1 aromatic carbocycles. The van der Waals surface area contributed by atoms with Crippen LogP contribution in [0.3, 0.4) is 0 Å². The van der Waals surface area contributed by atoms with E-state index in [-0.39, 0.29) is 5.57 Å². The van der Waals surface area contributed by atoms with Crippen LogP contribution in [0.2, 0.25) is 0 Å². The first kappa shape index (κ1) is 13.4. The van der Waals surface area contributed by atoms with Crippen LogP contribution in [0.5, 0.6) is 0 Å². The summed E-state index contributed by atoms with van der Waals surface area (Å²) in [4.78, 5) is 10.6. The molecule has 1 rings (SSSR count). The van der Waals surface area contributed by atoms with E-state index in [2.05, 4.69) is 47.8 Å². The molecule has 82 valence electrons. The van der Waals surface area contributed by atoms with Gasteiger partial charge in [0.05, 0.1) is 5.57 Å². The van der Waals surface area contributed by atoms with Gasteiger partial charge in [0, 0.05) is 25.1 Å². The Balaban J connectivity index is 3.44. The molecule has 1 aromatic rings. The van der Waals surface area contributed by atoms with E-state index in [0.717, 1.165) is 10.5 Å². The molecule has 0 fully saturated rings. The Labute approximate surface area is 117 Å². The van der Waals surface area contributed by atoms with Crippen molar-refractivity contribution < 1.29 is 9.90 Å². The minimum absolute atomic E-state index is 0.0822. The second-order valence-electron chi connectivity index (χ2n) is 2.75. The molecule has 0 amide bonds. The van der Waals surface area contributed by atoms with Gasteiger partial charge >= 0.3 is 5.97 Å². The second kappa shape index (κ2) is 5.62. The van der Waals surface area contributed by atoms with Gasteiger partial charge in [0.25, 0.3) is 0 Å². The molecule has 0 bridgehead atoms. The van der Waals surface area contributed by atoms with Crippen LogP contribution in [0.4, 0.5) is 0 Å². The summed E-state index contributed by atoms with van der Waals surface area (Å²) in [6, 6.07) is 5.34. The molecular formula is C10H4Br3NO2. The predicted molar refractivity (Wildman–Crippen MR) is 70.8 cm³/mol. The van der Waals surface area contributed by atoms with Gasteiger partial charge in [-0.2, -0.15) is 5.26 Å². The first-order valence-electron chi connectivity index (χ1n) is 3.95. The number of carboxylic acid groups (broad SMARTS) is 1. The Morgan fingerprint density at radius 3 is 2.19 bits per heavy atom. The van der Waals surface area contributed by atoms with E-state index >= 15 is 0 Å². The van der Waals surface area contributed by atoms with Gasteiger partial charge in [-0.3, -0.25) is 0 Å². The first-order chi connectivity index (χ1) is 7.45. The summed E-state index contributed by atoms with van der Waals surface area (Å²) < 4.78 is 2.10. The van der Waals surface area contributed by atoms with Crippen LogP contribution < -0.4 is 0 Å². The zero-order valence-corrected chi connectivity index (χ0v) is 12.4. The number of rotatable bonds is 2. The third kappa shape index (κ3) is 3.17. The largest absolute Gasteiger partial charge is 0.478 e. The van der Waals surface area contributed by atoms with Gasteiger partial charge in [0.2, 0.25) is 0 Å². The van der Waals surface area contributed by atoms with Crippen LogP contribution in [0.25, 0.3) is 5.57 Å². The van der Waals surface area contributed by atoms with Gasteiger partial charge in [0.1, 0.15) is 6.07 Å². The standard InChI is InChI=1S/C10H4Br3NO2/c11-6-2-7(12)10(8(13)3-6)5(4-14)1-9(15)16/h1-3H,(H,15,16). The number of hydrogen-bond acceptors (Lipinski definition) is 2. The number of nitrogens with zero attached hydrogens (tertiary/aromatic N) is 1. The van der Waals surface area contributed by atoms with Crippen molar-refractivity contribution in [2.75, 3.05) is 0 Å². The molecule has 0 heterocycles. The molecule has 0 unspecified atom stereocenters. The quantitative estimate of drug-likeness (QED) is 0.594. The predicted octanol–water partition coefficient (Wildman–Crippen LogP) is 3.97. The number of carboxylic acids is 1. The van der Waals surface area contributed by atoms with Gasteiger partial charge < -0.3 is 5.11 Å². The molecule has 16 heavy (non-hydrogen) atoms. The van der Waals surface area contributed by atoms with E-state index in [1.54, 1.807) is 12.1 Å². The van der Waals surface area contributed by atoms with E-state index in [1.165, 1.54) is 0 Å². The zero-order chi connectivity index (χ0) is 12.3. The van der Waals surface area contributed by atoms with Crippen molar-refractivity contribution in [3.05, 3.63) is 37.2 Å². The van der Waals surface area contributed by atoms with Gasteiger partial charge in [-0.15, -0.1) is 0 Å². The van der Waals surface area contributed by atoms with Crippen molar-refractivity contribution in [1.82, 2.24) is 0 Å². The van der Waals surface area contributed by atoms with Crippen LogP contribution in [-0.4, -0.2) is 11.1 Å². The van der Waals surface area contributed by atoms with Crippen LogP contribution >= 0.6 is 47.8 Å². The van der Waals surface area contributed by atoms with Crippen LogP contribution in [0.1, 0.15) is 5.56 Å². The lowest BCUT2D eigenvalue weighted by atomic mass is 10.1. The lowest BCUT2D eigenvalue weighted by Crippen LogP contribution is -1.93. The van der Waals surface area contributed by atoms with E-state index < -0.39 is 5.97 Å². The molecular weight excluding hydrogens is 406 g/mol. The number of benzene rings is 1. The maximum atomic E-state index is 10.6. The molecule has 1 N–H and O–H groups in total. The van der Waals surface area contributed by atoms with E-state index in [0.29, 0.717) is 14.5 Å². The van der Waals surface area contributed by atoms with Crippen molar-refractivity contribution in [3.8, 4) is 6.07 Å². The smallest absolute Gasteiger partial charge is 0.329 e. The fraction of sp³-hybridized carbons (Fsp3) is 0. The lowest BCUT2D eigenvalue weighted by molar-refractivity contribution is -0.131. The lowest BCUT2D eigenvalue weighted by Gasteiger charge is -2.06. The molecule has 0 radical (unpaired) electrons. The summed E-state index contributed by atoms with van der Waals surface area (Å²) in [5.74, 6) is -1.15. The summed E-state index contributed by atoms with van der Waals surface area (Å²) in [6.07, 6.45) is 0.874. The van der Waals surface area contributed by atoms with Crippen molar-refractivity contribution in [2.24, 2.45) is 0 Å². The van der Waals surface area contributed by atoms with E-state index in [9.17, 15) is 4.79 Å². The van der Waals surface area contributed by atoms with Gasteiger partial charge in [-0.1, -0.05) is 47.8 Å². The molecule has 0 aromatic heterocycles. The normalized spacial score (nSPS) is 11.0. The van der Waals surface area contributed by atoms with E-state index in [4.69, 9.17) is 10.4 Å². The Hall–Kier alpha value is -0.640. The van der Waals surface area contributed by atoms with Gasteiger partial charge in [-0.25, -0.2) is 4.79 Å². The molecule has 0 saturated heterocycles. The van der Waals surface area contributed by atoms with Crippen molar-refractivity contribution in [2.45, 2.75) is 0 Å². The van der Waals surface area contributed by atoms with Crippen LogP contribution in [0, 0.1) is 11.3 Å². The van der Waals surface area contributed by atoms with Crippen molar-refractivity contribution >= 4 is 59.3 Å². The Morgan fingerprint density at radius 1 is 1.31 bits per heavy atom. The summed E-state index contributed by atoms with van der Waals surface area (Å²) in [5.41, 5.74) is 0.604. The summed E-state index contributed by atoms with van der Waals surface area (Å²) in [6.45, 7) is 0. The SMILES string of the molecule is N#CC(=CC(=O)O)c1c(Br)cc(Br)cc1Br. The topological polar surface area (TPSA) is 61.1 Å². The average molecular weight is 410 g/mol. The van der Waals surface area contributed by atoms with Crippen LogP contribution in [0.15, 0.2) is 31.6 Å². The van der Waals surface area contributed by atoms with Gasteiger partial charge in [0.15, 0.2) is 0 Å². The molecule has 0 aliphatic rings. The summed E-state index contributed by atoms with van der Waals surface area (Å²) in [7, 11) is 0. The fourth-order valence-electron chi connectivity index (χ4n) is 1.08. The summed E-state index contributed by atoms with van der Waals surface area (Å²) in [5, 5.41) is 17.6. The molecule has 0 spiro atoms. The van der Waals surface area contributed by atoms with E-state index in [1.807, 2.05) is 6.07 Å². The molecule has 0 aliphatic heterocycles. The molecule has 3 nitrogen and oxygen atoms in total. The third-order valence-electron chi connectivity index (χ3n) is 1.66. The number of aliphatic carboxylic acids is 1. The molecule has 0 saturated carbocycles. The van der Waals surface area contributed by atoms with Crippen LogP contribution in [-0.2, 0) is 4.79 Å². The highest BCUT2D eigenvalue weighted by Gasteiger charge is 2.12. The zero-order valence-electron chi connectivity index (χ0n) is 7.67. The maximum Gasteiger partial charge on any atom is 0.329 e. The fourth-order valence-corrected chi connectivity index (χ4v) is 3.77. The number of hydrogen-bond donors (Lipinski definition) is 1. The van der Waals surface area contributed by atoms with Crippen molar-refractivity contribution in [1.29, 1.82) is 5.26 Å². The number of halogens is 3. The minimum Gasteiger partial charge on any atom is -0.478 e. The number of allylic oxidation sites excluding steroid dienone is 1. The Morgan fingerprint density at radius 2 is 1.81 bits per heavy atom. The maximum absolute atomic E-state index is 10.6. The highest BCUT2D eigenvalue weighted by molar-refractivity contribution is 9.11. The minimum atomic E-state index is -1.15. The monoisotopic (exact) mass is 407 g/mol. The number of carbonyl (C=O) groups is 1. The third-order valence-corrected chi connectivity index (χ3v) is 3.37. The first-order valence-corrected chi connectivity index (χ1v) is 6.33. The highest BCUT2D eigenvalue weighted by Crippen LogP contribution is 2.34. The number of nitriles is 1. The highest BCUT2D eigenvalue weighted by atomic mass is 79.9. The Kier molecular flexibility index (Phi) is 4.71. The van der Waals surface area contributed by atoms with Gasteiger partial charge in [-0.05, 0) is 12.1 Å². The molecule has 0 aliphatic carbocycles. The average Bonchev–Trinajstić information content (AvgIpc) is 2.13. The molecule has 6 heteroatoms. The summed E-state index contributed by atoms with van der Waals surface area (Å²) >= 11 is 9.86. The van der Waals surface area contributed by atoms with Crippen molar-refractivity contribution in [3.63, 3.8) is 0 Å². The Bertz CT molecular complexity index is 494. The second-order valence-corrected chi connectivity index (χ2v) is 5.38.